The first kappa shape index (κ1) is 12.1. The summed E-state index contributed by atoms with van der Waals surface area (Å²) in [5.41, 5.74) is 1.84. The third-order valence-electron chi connectivity index (χ3n) is 2.51. The van der Waals surface area contributed by atoms with Crippen LogP contribution in [0.25, 0.3) is 0 Å². The van der Waals surface area contributed by atoms with E-state index in [4.69, 9.17) is 4.74 Å². The zero-order valence-electron chi connectivity index (χ0n) is 9.48. The lowest BCUT2D eigenvalue weighted by Gasteiger charge is -2.12. The molecular formula is C14H13BrO2. The first-order chi connectivity index (χ1) is 8.20. The van der Waals surface area contributed by atoms with Crippen LogP contribution in [0.4, 0.5) is 0 Å². The minimum atomic E-state index is -0.0332. The summed E-state index contributed by atoms with van der Waals surface area (Å²) in [7, 11) is 0. The van der Waals surface area contributed by atoms with Crippen LogP contribution in [-0.2, 0) is 6.61 Å². The second-order valence-electron chi connectivity index (χ2n) is 3.78. The number of benzene rings is 2. The molecule has 0 spiro atoms. The number of aliphatic hydroxyl groups is 1. The Morgan fingerprint density at radius 2 is 1.88 bits per heavy atom. The molecule has 0 amide bonds. The molecule has 0 aliphatic carbocycles. The zero-order chi connectivity index (χ0) is 12.3. The molecule has 0 aliphatic rings. The maximum absolute atomic E-state index is 9.26. The van der Waals surface area contributed by atoms with E-state index < -0.39 is 0 Å². The molecule has 2 rings (SSSR count). The molecule has 2 aromatic rings. The Morgan fingerprint density at radius 3 is 2.59 bits per heavy atom. The van der Waals surface area contributed by atoms with Gasteiger partial charge in [0.15, 0.2) is 0 Å². The van der Waals surface area contributed by atoms with E-state index in [2.05, 4.69) is 15.9 Å². The third-order valence-corrected chi connectivity index (χ3v) is 3.01. The van der Waals surface area contributed by atoms with Gasteiger partial charge in [0.25, 0.3) is 0 Å². The SMILES string of the molecule is Cc1ccccc1Oc1cc(Br)ccc1CO. The molecule has 0 fully saturated rings. The summed E-state index contributed by atoms with van der Waals surface area (Å²) in [5, 5.41) is 9.26. The Labute approximate surface area is 109 Å². The first-order valence-electron chi connectivity index (χ1n) is 5.33. The summed E-state index contributed by atoms with van der Waals surface area (Å²) < 4.78 is 6.75. The van der Waals surface area contributed by atoms with E-state index in [9.17, 15) is 5.11 Å². The van der Waals surface area contributed by atoms with E-state index in [1.165, 1.54) is 0 Å². The van der Waals surface area contributed by atoms with Crippen LogP contribution in [0.3, 0.4) is 0 Å². The fraction of sp³-hybridized carbons (Fsp3) is 0.143. The van der Waals surface area contributed by atoms with Crippen molar-refractivity contribution in [2.75, 3.05) is 0 Å². The first-order valence-corrected chi connectivity index (χ1v) is 6.13. The topological polar surface area (TPSA) is 29.5 Å². The molecule has 2 nitrogen and oxygen atoms in total. The Morgan fingerprint density at radius 1 is 1.12 bits per heavy atom. The van der Waals surface area contributed by atoms with Crippen LogP contribution in [0.15, 0.2) is 46.9 Å². The molecule has 88 valence electrons. The highest BCUT2D eigenvalue weighted by atomic mass is 79.9. The number of aliphatic hydroxyl groups excluding tert-OH is 1. The highest BCUT2D eigenvalue weighted by Gasteiger charge is 2.06. The fourth-order valence-electron chi connectivity index (χ4n) is 1.54. The fourth-order valence-corrected chi connectivity index (χ4v) is 1.88. The molecule has 0 bridgehead atoms. The van der Waals surface area contributed by atoms with Crippen LogP contribution in [0.5, 0.6) is 11.5 Å². The van der Waals surface area contributed by atoms with Crippen molar-refractivity contribution in [1.29, 1.82) is 0 Å². The Hall–Kier alpha value is -1.32. The molecule has 0 saturated heterocycles. The van der Waals surface area contributed by atoms with Gasteiger partial charge in [0.05, 0.1) is 6.61 Å². The van der Waals surface area contributed by atoms with Crippen molar-refractivity contribution >= 4 is 15.9 Å². The van der Waals surface area contributed by atoms with Crippen LogP contribution in [0.1, 0.15) is 11.1 Å². The molecule has 0 heterocycles. The standard InChI is InChI=1S/C14H13BrO2/c1-10-4-2-3-5-13(10)17-14-8-12(15)7-6-11(14)9-16/h2-8,16H,9H2,1H3. The Bertz CT molecular complexity index is 523. The van der Waals surface area contributed by atoms with E-state index in [1.807, 2.05) is 49.4 Å². The van der Waals surface area contributed by atoms with Gasteiger partial charge < -0.3 is 9.84 Å². The van der Waals surface area contributed by atoms with Gasteiger partial charge in [-0.3, -0.25) is 0 Å². The lowest BCUT2D eigenvalue weighted by atomic mass is 10.2. The molecule has 1 N–H and O–H groups in total. The number of hydrogen-bond acceptors (Lipinski definition) is 2. The van der Waals surface area contributed by atoms with Gasteiger partial charge >= 0.3 is 0 Å². The van der Waals surface area contributed by atoms with Crippen molar-refractivity contribution in [3.8, 4) is 11.5 Å². The summed E-state index contributed by atoms with van der Waals surface area (Å²) >= 11 is 3.40. The van der Waals surface area contributed by atoms with Crippen LogP contribution in [0.2, 0.25) is 0 Å². The normalized spacial score (nSPS) is 10.3. The molecular weight excluding hydrogens is 280 g/mol. The van der Waals surface area contributed by atoms with Crippen LogP contribution in [0, 0.1) is 6.92 Å². The molecule has 0 unspecified atom stereocenters. The van der Waals surface area contributed by atoms with Gasteiger partial charge in [-0.25, -0.2) is 0 Å². The van der Waals surface area contributed by atoms with Gasteiger partial charge in [-0.1, -0.05) is 40.2 Å². The highest BCUT2D eigenvalue weighted by molar-refractivity contribution is 9.10. The number of hydrogen-bond donors (Lipinski definition) is 1. The van der Waals surface area contributed by atoms with Crippen molar-refractivity contribution in [2.45, 2.75) is 13.5 Å². The van der Waals surface area contributed by atoms with Crippen molar-refractivity contribution in [3.05, 3.63) is 58.1 Å². The van der Waals surface area contributed by atoms with Crippen molar-refractivity contribution in [1.82, 2.24) is 0 Å². The lowest BCUT2D eigenvalue weighted by molar-refractivity contribution is 0.276. The van der Waals surface area contributed by atoms with Crippen molar-refractivity contribution in [3.63, 3.8) is 0 Å². The van der Waals surface area contributed by atoms with Gasteiger partial charge in [0.1, 0.15) is 11.5 Å². The number of rotatable bonds is 3. The van der Waals surface area contributed by atoms with E-state index in [1.54, 1.807) is 0 Å². The molecule has 0 aliphatic heterocycles. The predicted octanol–water partition coefficient (Wildman–Crippen LogP) is 4.04. The predicted molar refractivity (Wildman–Crippen MR) is 71.3 cm³/mol. The van der Waals surface area contributed by atoms with E-state index in [0.717, 1.165) is 21.3 Å². The minimum absolute atomic E-state index is 0.0332. The Balaban J connectivity index is 2.35. The second kappa shape index (κ2) is 5.34. The number of para-hydroxylation sites is 1. The number of halogens is 1. The molecule has 0 saturated carbocycles. The quantitative estimate of drug-likeness (QED) is 0.925. The van der Waals surface area contributed by atoms with Gasteiger partial charge in [0, 0.05) is 10.0 Å². The highest BCUT2D eigenvalue weighted by Crippen LogP contribution is 2.30. The minimum Gasteiger partial charge on any atom is -0.457 e. The van der Waals surface area contributed by atoms with Gasteiger partial charge in [-0.15, -0.1) is 0 Å². The second-order valence-corrected chi connectivity index (χ2v) is 4.69. The van der Waals surface area contributed by atoms with E-state index in [-0.39, 0.29) is 6.61 Å². The number of ether oxygens (including phenoxy) is 1. The van der Waals surface area contributed by atoms with Gasteiger partial charge in [-0.05, 0) is 30.7 Å². The monoisotopic (exact) mass is 292 g/mol. The largest absolute Gasteiger partial charge is 0.457 e. The summed E-state index contributed by atoms with van der Waals surface area (Å²) in [4.78, 5) is 0. The molecule has 17 heavy (non-hydrogen) atoms. The molecule has 3 heteroatoms. The third kappa shape index (κ3) is 2.87. The van der Waals surface area contributed by atoms with Crippen LogP contribution >= 0.6 is 15.9 Å². The lowest BCUT2D eigenvalue weighted by Crippen LogP contribution is -1.93. The average Bonchev–Trinajstić information content (AvgIpc) is 2.32. The molecule has 0 aromatic heterocycles. The maximum atomic E-state index is 9.26. The van der Waals surface area contributed by atoms with Gasteiger partial charge in [0.2, 0.25) is 0 Å². The summed E-state index contributed by atoms with van der Waals surface area (Å²) in [6.07, 6.45) is 0. The van der Waals surface area contributed by atoms with Crippen LogP contribution < -0.4 is 4.74 Å². The smallest absolute Gasteiger partial charge is 0.134 e. The Kier molecular flexibility index (Phi) is 3.82. The zero-order valence-corrected chi connectivity index (χ0v) is 11.1. The summed E-state index contributed by atoms with van der Waals surface area (Å²) in [6, 6.07) is 13.4. The van der Waals surface area contributed by atoms with E-state index in [0.29, 0.717) is 5.75 Å². The van der Waals surface area contributed by atoms with Crippen molar-refractivity contribution < 1.29 is 9.84 Å². The number of aryl methyl sites for hydroxylation is 1. The molecule has 2 aromatic carbocycles. The average molecular weight is 293 g/mol. The van der Waals surface area contributed by atoms with E-state index >= 15 is 0 Å². The molecule has 0 radical (unpaired) electrons. The van der Waals surface area contributed by atoms with Crippen molar-refractivity contribution in [2.24, 2.45) is 0 Å². The molecule has 0 atom stereocenters. The van der Waals surface area contributed by atoms with Gasteiger partial charge in [-0.2, -0.15) is 0 Å². The van der Waals surface area contributed by atoms with Crippen LogP contribution in [-0.4, -0.2) is 5.11 Å². The summed E-state index contributed by atoms with van der Waals surface area (Å²) in [6.45, 7) is 1.96. The maximum Gasteiger partial charge on any atom is 0.134 e. The summed E-state index contributed by atoms with van der Waals surface area (Å²) in [5.74, 6) is 1.48.